The summed E-state index contributed by atoms with van der Waals surface area (Å²) in [5, 5.41) is 11.1. The first-order valence-corrected chi connectivity index (χ1v) is 14.2. The highest BCUT2D eigenvalue weighted by Crippen LogP contribution is 2.36. The van der Waals surface area contributed by atoms with Crippen LogP contribution in [0.5, 0.6) is 0 Å². The third-order valence-electron chi connectivity index (χ3n) is 7.09. The monoisotopic (exact) mass is 573 g/mol. The van der Waals surface area contributed by atoms with Crippen molar-refractivity contribution in [2.75, 3.05) is 0 Å². The summed E-state index contributed by atoms with van der Waals surface area (Å²) in [6.45, 7) is 2.87. The molecular weight excluding hydrogens is 549 g/mol. The van der Waals surface area contributed by atoms with E-state index in [0.717, 1.165) is 22.5 Å². The van der Waals surface area contributed by atoms with E-state index in [0.29, 0.717) is 56.2 Å². The molecule has 0 amide bonds. The molecule has 0 radical (unpaired) electrons. The second kappa shape index (κ2) is 10.7. The summed E-state index contributed by atoms with van der Waals surface area (Å²) in [6, 6.07) is 21.1. The van der Waals surface area contributed by atoms with E-state index < -0.39 is 5.82 Å². The standard InChI is InChI=1S/C32H24FN7OS/c1-18(41)25-9-10-26(42-25)30-29-24(11-12-36-30)37-32(38-29)31-27-23(39-40-31)8-7-22(28(27)33)21-13-20(16-35-17-21)15-34-14-19-5-3-2-4-6-19/h2-13,16-17,34H,14-15H2,1H3,(H,37,38)(H,39,40). The maximum atomic E-state index is 16.2. The Bertz CT molecular complexity index is 2080. The van der Waals surface area contributed by atoms with Crippen LogP contribution >= 0.6 is 11.3 Å². The first-order chi connectivity index (χ1) is 20.5. The van der Waals surface area contributed by atoms with Gasteiger partial charge in [0.05, 0.1) is 26.2 Å². The van der Waals surface area contributed by atoms with Crippen molar-refractivity contribution < 1.29 is 9.18 Å². The van der Waals surface area contributed by atoms with Gasteiger partial charge in [0.2, 0.25) is 0 Å². The molecule has 0 aliphatic heterocycles. The molecule has 0 fully saturated rings. The maximum absolute atomic E-state index is 16.2. The molecule has 5 aromatic heterocycles. The maximum Gasteiger partial charge on any atom is 0.169 e. The molecule has 0 bridgehead atoms. The predicted molar refractivity (Wildman–Crippen MR) is 162 cm³/mol. The van der Waals surface area contributed by atoms with E-state index in [2.05, 4.69) is 42.6 Å². The first-order valence-electron chi connectivity index (χ1n) is 13.4. The second-order valence-corrected chi connectivity index (χ2v) is 11.0. The number of carbonyl (C=O) groups excluding carboxylic acids is 1. The van der Waals surface area contributed by atoms with Crippen LogP contribution in [0.25, 0.3) is 55.2 Å². The molecule has 3 N–H and O–H groups in total. The molecule has 5 heterocycles. The number of H-pyrrole nitrogens is 2. The molecule has 2 aromatic carbocycles. The Morgan fingerprint density at radius 2 is 1.81 bits per heavy atom. The van der Waals surface area contributed by atoms with Crippen molar-refractivity contribution in [3.05, 3.63) is 107 Å². The predicted octanol–water partition coefficient (Wildman–Crippen LogP) is 6.92. The second-order valence-electron chi connectivity index (χ2n) is 9.95. The first kappa shape index (κ1) is 25.9. The van der Waals surface area contributed by atoms with Gasteiger partial charge in [-0.05, 0) is 54.4 Å². The lowest BCUT2D eigenvalue weighted by Gasteiger charge is -2.09. The van der Waals surface area contributed by atoms with E-state index in [1.54, 1.807) is 30.7 Å². The normalized spacial score (nSPS) is 11.5. The number of Topliss-reactive ketones (excluding diaryl/α,β-unsaturated/α-hetero) is 1. The Morgan fingerprint density at radius 1 is 0.952 bits per heavy atom. The van der Waals surface area contributed by atoms with Gasteiger partial charge in [-0.15, -0.1) is 11.3 Å². The molecular formula is C32H24FN7OS. The minimum Gasteiger partial charge on any atom is -0.336 e. The van der Waals surface area contributed by atoms with Crippen molar-refractivity contribution in [2.24, 2.45) is 0 Å². The number of imidazole rings is 1. The van der Waals surface area contributed by atoms with Crippen LogP contribution in [0, 0.1) is 5.82 Å². The largest absolute Gasteiger partial charge is 0.336 e. The van der Waals surface area contributed by atoms with Crippen LogP contribution in [0.4, 0.5) is 4.39 Å². The Hall–Kier alpha value is -5.06. The van der Waals surface area contributed by atoms with Crippen molar-refractivity contribution >= 4 is 39.1 Å². The van der Waals surface area contributed by atoms with Crippen molar-refractivity contribution in [1.82, 2.24) is 35.5 Å². The Morgan fingerprint density at radius 3 is 2.64 bits per heavy atom. The molecule has 7 aromatic rings. The smallest absolute Gasteiger partial charge is 0.169 e. The number of ketones is 1. The van der Waals surface area contributed by atoms with Crippen LogP contribution in [0.3, 0.4) is 0 Å². The highest BCUT2D eigenvalue weighted by Gasteiger charge is 2.21. The van der Waals surface area contributed by atoms with Gasteiger partial charge in [0.15, 0.2) is 11.6 Å². The number of rotatable bonds is 8. The van der Waals surface area contributed by atoms with Gasteiger partial charge in [0, 0.05) is 42.8 Å². The number of thiophene rings is 1. The van der Waals surface area contributed by atoms with Crippen LogP contribution < -0.4 is 5.32 Å². The minimum absolute atomic E-state index is 0.000372. The van der Waals surface area contributed by atoms with Gasteiger partial charge in [-0.2, -0.15) is 5.10 Å². The number of benzene rings is 2. The van der Waals surface area contributed by atoms with Crippen molar-refractivity contribution in [3.8, 4) is 33.2 Å². The zero-order valence-electron chi connectivity index (χ0n) is 22.5. The third kappa shape index (κ3) is 4.76. The average Bonchev–Trinajstić information content (AvgIpc) is 3.76. The molecule has 0 aliphatic rings. The number of carbonyl (C=O) groups is 1. The number of aromatic nitrogens is 6. The van der Waals surface area contributed by atoms with Gasteiger partial charge in [-0.1, -0.05) is 30.3 Å². The zero-order chi connectivity index (χ0) is 28.6. The molecule has 42 heavy (non-hydrogen) atoms. The number of hydrogen-bond acceptors (Lipinski definition) is 7. The summed E-state index contributed by atoms with van der Waals surface area (Å²) in [7, 11) is 0. The van der Waals surface area contributed by atoms with Crippen LogP contribution in [0.2, 0.25) is 0 Å². The summed E-state index contributed by atoms with van der Waals surface area (Å²) in [6.07, 6.45) is 5.14. The summed E-state index contributed by atoms with van der Waals surface area (Å²) in [5.41, 5.74) is 6.19. The van der Waals surface area contributed by atoms with E-state index in [1.165, 1.54) is 23.8 Å². The molecule has 8 nitrogen and oxygen atoms in total. The Labute approximate surface area is 243 Å². The SMILES string of the molecule is CC(=O)c1ccc(-c2nccc3[nH]c(-c4n[nH]c5ccc(-c6cncc(CNCc7ccccc7)c6)c(F)c45)nc23)s1. The quantitative estimate of drug-likeness (QED) is 0.170. The van der Waals surface area contributed by atoms with E-state index in [1.807, 2.05) is 42.5 Å². The number of fused-ring (bicyclic) bond motifs is 2. The zero-order valence-corrected chi connectivity index (χ0v) is 23.3. The highest BCUT2D eigenvalue weighted by atomic mass is 32.1. The number of nitrogens with one attached hydrogen (secondary N) is 3. The average molecular weight is 574 g/mol. The highest BCUT2D eigenvalue weighted by molar-refractivity contribution is 7.17. The van der Waals surface area contributed by atoms with Gasteiger partial charge >= 0.3 is 0 Å². The van der Waals surface area contributed by atoms with Gasteiger partial charge in [0.1, 0.15) is 22.7 Å². The van der Waals surface area contributed by atoms with E-state index in [9.17, 15) is 4.79 Å². The fraction of sp³-hybridized carbons (Fsp3) is 0.0938. The number of nitrogens with zero attached hydrogens (tertiary/aromatic N) is 4. The lowest BCUT2D eigenvalue weighted by atomic mass is 10.0. The molecule has 7 rings (SSSR count). The fourth-order valence-corrected chi connectivity index (χ4v) is 5.93. The number of pyridine rings is 2. The summed E-state index contributed by atoms with van der Waals surface area (Å²) < 4.78 is 16.2. The summed E-state index contributed by atoms with van der Waals surface area (Å²) >= 11 is 1.37. The van der Waals surface area contributed by atoms with Gasteiger partial charge in [-0.3, -0.25) is 19.9 Å². The van der Waals surface area contributed by atoms with E-state index in [-0.39, 0.29) is 5.78 Å². The van der Waals surface area contributed by atoms with E-state index >= 15 is 4.39 Å². The number of aromatic amines is 2. The molecule has 0 saturated carbocycles. The molecule has 0 saturated heterocycles. The lowest BCUT2D eigenvalue weighted by Crippen LogP contribution is -2.12. The van der Waals surface area contributed by atoms with E-state index in [4.69, 9.17) is 4.98 Å². The Kier molecular flexibility index (Phi) is 6.61. The summed E-state index contributed by atoms with van der Waals surface area (Å²) in [4.78, 5) is 30.3. The van der Waals surface area contributed by atoms with Gasteiger partial charge in [-0.25, -0.2) is 9.37 Å². The molecule has 0 unspecified atom stereocenters. The Balaban J connectivity index is 1.23. The molecule has 206 valence electrons. The topological polar surface area (TPSA) is 112 Å². The van der Waals surface area contributed by atoms with Crippen LogP contribution in [0.15, 0.2) is 85.3 Å². The number of hydrogen-bond donors (Lipinski definition) is 3. The van der Waals surface area contributed by atoms with Crippen molar-refractivity contribution in [1.29, 1.82) is 0 Å². The molecule has 0 aliphatic carbocycles. The number of halogens is 1. The van der Waals surface area contributed by atoms with Gasteiger partial charge in [0.25, 0.3) is 0 Å². The molecule has 0 spiro atoms. The van der Waals surface area contributed by atoms with Crippen molar-refractivity contribution in [2.45, 2.75) is 20.0 Å². The van der Waals surface area contributed by atoms with Crippen molar-refractivity contribution in [3.63, 3.8) is 0 Å². The van der Waals surface area contributed by atoms with Gasteiger partial charge < -0.3 is 10.3 Å². The summed E-state index contributed by atoms with van der Waals surface area (Å²) in [5.74, 6) is 0.0112. The fourth-order valence-electron chi connectivity index (χ4n) is 5.03. The third-order valence-corrected chi connectivity index (χ3v) is 8.28. The van der Waals surface area contributed by atoms with Crippen LogP contribution in [-0.4, -0.2) is 35.9 Å². The molecule has 10 heteroatoms. The van der Waals surface area contributed by atoms with Crippen LogP contribution in [0.1, 0.15) is 27.7 Å². The lowest BCUT2D eigenvalue weighted by molar-refractivity contribution is 0.102. The molecule has 0 atom stereocenters. The van der Waals surface area contributed by atoms with Crippen LogP contribution in [-0.2, 0) is 13.1 Å². The minimum atomic E-state index is -0.407.